The zero-order valence-electron chi connectivity index (χ0n) is 26.3. The van der Waals surface area contributed by atoms with Gasteiger partial charge in [0.2, 0.25) is 5.91 Å². The van der Waals surface area contributed by atoms with Gasteiger partial charge < -0.3 is 19.7 Å². The lowest BCUT2D eigenvalue weighted by atomic mass is 9.73. The Hall–Kier alpha value is -4.28. The molecule has 2 aliphatic heterocycles. The van der Waals surface area contributed by atoms with Crippen molar-refractivity contribution in [2.75, 3.05) is 12.4 Å². The Morgan fingerprint density at radius 3 is 2.58 bits per heavy atom. The number of aromatic carboxylic acids is 1. The Balaban J connectivity index is 1.45. The minimum Gasteiger partial charge on any atom is -0.478 e. The van der Waals surface area contributed by atoms with Crippen molar-refractivity contribution in [3.8, 4) is 0 Å². The monoisotopic (exact) mass is 686 g/mol. The first-order valence-corrected chi connectivity index (χ1v) is 16.4. The van der Waals surface area contributed by atoms with E-state index in [1.165, 1.54) is 6.07 Å². The lowest BCUT2D eigenvalue weighted by Crippen LogP contribution is -2.55. The molecule has 7 rings (SSSR count). The summed E-state index contributed by atoms with van der Waals surface area (Å²) in [5, 5.41) is 13.2. The molecule has 4 aromatic carbocycles. The topological polar surface area (TPSA) is 96.7 Å². The number of amides is 1. The number of rotatable bonds is 8. The number of imidazole rings is 1. The van der Waals surface area contributed by atoms with Gasteiger partial charge in [0, 0.05) is 48.8 Å². The molecule has 1 amide bonds. The first-order valence-electron chi connectivity index (χ1n) is 15.7. The first kappa shape index (κ1) is 32.3. The van der Waals surface area contributed by atoms with Gasteiger partial charge in [-0.25, -0.2) is 14.2 Å². The molecule has 0 bridgehead atoms. The molecule has 1 fully saturated rings. The van der Waals surface area contributed by atoms with Crippen molar-refractivity contribution in [2.24, 2.45) is 0 Å². The highest BCUT2D eigenvalue weighted by molar-refractivity contribution is 6.31. The molecular formula is C37H33Cl2FN4O4. The Bertz CT molecular complexity index is 2070. The van der Waals surface area contributed by atoms with E-state index in [9.17, 15) is 14.7 Å². The Morgan fingerprint density at radius 2 is 1.81 bits per heavy atom. The van der Waals surface area contributed by atoms with Crippen molar-refractivity contribution >= 4 is 51.8 Å². The van der Waals surface area contributed by atoms with Crippen molar-refractivity contribution < 1.29 is 23.8 Å². The Kier molecular flexibility index (Phi) is 8.49. The number of ether oxygens (including phenoxy) is 1. The van der Waals surface area contributed by atoms with Crippen LogP contribution in [0.1, 0.15) is 58.1 Å². The molecule has 0 spiro atoms. The molecule has 2 aliphatic rings. The van der Waals surface area contributed by atoms with Gasteiger partial charge in [-0.05, 0) is 72.5 Å². The average Bonchev–Trinajstić information content (AvgIpc) is 3.55. The van der Waals surface area contributed by atoms with Crippen molar-refractivity contribution in [1.29, 1.82) is 0 Å². The number of carboxylic acids is 1. The van der Waals surface area contributed by atoms with Gasteiger partial charge in [-0.15, -0.1) is 0 Å². The molecule has 48 heavy (non-hydrogen) atoms. The van der Waals surface area contributed by atoms with E-state index in [1.807, 2.05) is 25.1 Å². The quantitative estimate of drug-likeness (QED) is 0.172. The van der Waals surface area contributed by atoms with Crippen molar-refractivity contribution in [3.05, 3.63) is 129 Å². The van der Waals surface area contributed by atoms with Gasteiger partial charge in [0.1, 0.15) is 17.2 Å². The number of hydrogen-bond acceptors (Lipinski definition) is 5. The molecule has 5 aromatic rings. The maximum absolute atomic E-state index is 16.3. The molecule has 4 atom stereocenters. The molecule has 11 heteroatoms. The number of carbonyl (C=O) groups is 2. The number of nitrogens with zero attached hydrogens (tertiary/aromatic N) is 3. The van der Waals surface area contributed by atoms with E-state index in [0.717, 1.165) is 16.6 Å². The van der Waals surface area contributed by atoms with E-state index in [4.69, 9.17) is 32.9 Å². The molecule has 2 N–H and O–H groups in total. The number of carbonyl (C=O) groups excluding carboxylic acids is 1. The van der Waals surface area contributed by atoms with Gasteiger partial charge in [-0.2, -0.15) is 0 Å². The van der Waals surface area contributed by atoms with Gasteiger partial charge in [0.15, 0.2) is 0 Å². The van der Waals surface area contributed by atoms with Crippen LogP contribution in [0.2, 0.25) is 10.0 Å². The number of carboxylic acid groups (broad SMARTS) is 1. The standard InChI is InChI=1S/C37H33Cl2FN4O4/c1-37(36(47)41-25-9-4-8-24(38)18-25)32(26-10-5-11-27(39)33(26)40)31-30(44(37)19-21-6-3-7-22(16-21)20-48-2)14-15-43-29-13-12-23(35(45)46)17-28(29)42-34(31)43/h3-13,16-18,30-32H,14-15,19-20H2,1-2H3,(H,41,47)(H,45,46)/t30-,31+,32-,37+/m0/s1. The predicted octanol–water partition coefficient (Wildman–Crippen LogP) is 7.88. The number of likely N-dealkylation sites (tertiary alicyclic amines) is 1. The number of halogens is 3. The fraction of sp³-hybridized carbons (Fsp3) is 0.270. The van der Waals surface area contributed by atoms with Gasteiger partial charge in [-0.3, -0.25) is 9.69 Å². The van der Waals surface area contributed by atoms with Crippen molar-refractivity contribution in [2.45, 2.75) is 56.5 Å². The minimum atomic E-state index is -1.32. The lowest BCUT2D eigenvalue weighted by Gasteiger charge is -2.40. The van der Waals surface area contributed by atoms with Crippen LogP contribution in [-0.2, 0) is 29.2 Å². The highest BCUT2D eigenvalue weighted by atomic mass is 35.5. The van der Waals surface area contributed by atoms with E-state index in [0.29, 0.717) is 53.7 Å². The average molecular weight is 688 g/mol. The first-order chi connectivity index (χ1) is 23.1. The predicted molar refractivity (Wildman–Crippen MR) is 183 cm³/mol. The SMILES string of the molecule is COCc1cccc(CN2[C@H]3CCn4c(nc5cc(C(=O)O)ccc54)[C@H]3[C@H](c3cccc(Cl)c3F)[C@]2(C)C(=O)Nc2cccc(Cl)c2)c1. The van der Waals surface area contributed by atoms with Gasteiger partial charge in [0.25, 0.3) is 0 Å². The number of aryl methyl sites for hydroxylation is 1. The summed E-state index contributed by atoms with van der Waals surface area (Å²) in [5.41, 5.74) is 2.92. The smallest absolute Gasteiger partial charge is 0.335 e. The normalized spacial score (nSPS) is 22.0. The molecular weight excluding hydrogens is 654 g/mol. The van der Waals surface area contributed by atoms with Crippen LogP contribution in [0.5, 0.6) is 0 Å². The highest BCUT2D eigenvalue weighted by Crippen LogP contribution is 2.58. The fourth-order valence-corrected chi connectivity index (χ4v) is 8.16. The van der Waals surface area contributed by atoms with E-state index in [2.05, 4.69) is 20.9 Å². The zero-order chi connectivity index (χ0) is 33.7. The number of benzene rings is 4. The van der Waals surface area contributed by atoms with Crippen molar-refractivity contribution in [3.63, 3.8) is 0 Å². The van der Waals surface area contributed by atoms with Gasteiger partial charge >= 0.3 is 5.97 Å². The second-order valence-corrected chi connectivity index (χ2v) is 13.5. The zero-order valence-corrected chi connectivity index (χ0v) is 27.8. The second-order valence-electron chi connectivity index (χ2n) is 12.6. The molecule has 3 heterocycles. The molecule has 8 nitrogen and oxygen atoms in total. The van der Waals surface area contributed by atoms with Crippen LogP contribution in [-0.4, -0.2) is 50.1 Å². The number of aromatic nitrogens is 2. The molecule has 0 unspecified atom stereocenters. The summed E-state index contributed by atoms with van der Waals surface area (Å²) in [4.78, 5) is 33.9. The molecule has 0 aliphatic carbocycles. The van der Waals surface area contributed by atoms with Crippen molar-refractivity contribution in [1.82, 2.24) is 14.5 Å². The van der Waals surface area contributed by atoms with E-state index in [-0.39, 0.29) is 22.5 Å². The molecule has 0 saturated carbocycles. The van der Waals surface area contributed by atoms with E-state index < -0.39 is 29.2 Å². The molecule has 246 valence electrons. The molecule has 1 saturated heterocycles. The van der Waals surface area contributed by atoms with Crippen LogP contribution in [0.4, 0.5) is 10.1 Å². The fourth-order valence-electron chi connectivity index (χ4n) is 7.79. The number of nitrogens with one attached hydrogen (secondary N) is 1. The summed E-state index contributed by atoms with van der Waals surface area (Å²) in [5.74, 6) is -2.48. The summed E-state index contributed by atoms with van der Waals surface area (Å²) >= 11 is 12.7. The van der Waals surface area contributed by atoms with Gasteiger partial charge in [-0.1, -0.05) is 65.7 Å². The minimum absolute atomic E-state index is 0.0391. The van der Waals surface area contributed by atoms with E-state index >= 15 is 4.39 Å². The molecule has 0 radical (unpaired) electrons. The third-order valence-electron chi connectivity index (χ3n) is 9.86. The van der Waals surface area contributed by atoms with E-state index in [1.54, 1.807) is 61.7 Å². The van der Waals surface area contributed by atoms with Gasteiger partial charge in [0.05, 0.1) is 28.2 Å². The highest BCUT2D eigenvalue weighted by Gasteiger charge is 2.63. The summed E-state index contributed by atoms with van der Waals surface area (Å²) in [7, 11) is 1.65. The lowest BCUT2D eigenvalue weighted by molar-refractivity contribution is -0.127. The van der Waals surface area contributed by atoms with Crippen LogP contribution in [0.3, 0.4) is 0 Å². The van der Waals surface area contributed by atoms with Crippen LogP contribution >= 0.6 is 23.2 Å². The summed E-state index contributed by atoms with van der Waals surface area (Å²) < 4.78 is 23.8. The van der Waals surface area contributed by atoms with Crippen LogP contribution < -0.4 is 5.32 Å². The maximum Gasteiger partial charge on any atom is 0.335 e. The summed E-state index contributed by atoms with van der Waals surface area (Å²) in [6.07, 6.45) is 0.639. The summed E-state index contributed by atoms with van der Waals surface area (Å²) in [6.45, 7) is 3.27. The Labute approximate surface area is 287 Å². The largest absolute Gasteiger partial charge is 0.478 e. The Morgan fingerprint density at radius 1 is 1.04 bits per heavy atom. The van der Waals surface area contributed by atoms with Crippen LogP contribution in [0, 0.1) is 5.82 Å². The number of methoxy groups -OCH3 is 1. The summed E-state index contributed by atoms with van der Waals surface area (Å²) in [6, 6.07) is 24.5. The second kappa shape index (κ2) is 12.6. The third kappa shape index (κ3) is 5.44. The van der Waals surface area contributed by atoms with Crippen LogP contribution in [0.25, 0.3) is 11.0 Å². The number of fused-ring (bicyclic) bond motifs is 5. The molecule has 1 aromatic heterocycles. The number of anilines is 1. The maximum atomic E-state index is 16.3. The number of hydrogen-bond donors (Lipinski definition) is 2. The third-order valence-corrected chi connectivity index (χ3v) is 10.4. The van der Waals surface area contributed by atoms with Crippen LogP contribution in [0.15, 0.2) is 84.9 Å².